The number of hydroxylamine groups is 1. The summed E-state index contributed by atoms with van der Waals surface area (Å²) in [6, 6.07) is 27.4. The van der Waals surface area contributed by atoms with Crippen LogP contribution in [0.3, 0.4) is 0 Å². The van der Waals surface area contributed by atoms with Crippen LogP contribution in [0.25, 0.3) is 22.2 Å². The van der Waals surface area contributed by atoms with Gasteiger partial charge in [-0.2, -0.15) is 18.7 Å². The fourth-order valence-electron chi connectivity index (χ4n) is 3.93. The van der Waals surface area contributed by atoms with E-state index >= 15 is 0 Å². The van der Waals surface area contributed by atoms with Crippen LogP contribution in [-0.2, 0) is 17.6 Å². The van der Waals surface area contributed by atoms with Crippen molar-refractivity contribution >= 4 is 34.7 Å². The molecule has 2 amide bonds. The minimum atomic E-state index is -4.57. The van der Waals surface area contributed by atoms with Gasteiger partial charge in [-0.1, -0.05) is 48.5 Å². The molecule has 1 heterocycles. The topological polar surface area (TPSA) is 108 Å². The molecular weight excluding hydrogens is 523 g/mol. The Morgan fingerprint density at radius 1 is 0.975 bits per heavy atom. The van der Waals surface area contributed by atoms with Crippen molar-refractivity contribution in [2.75, 3.05) is 5.32 Å². The van der Waals surface area contributed by atoms with E-state index in [4.69, 9.17) is 4.84 Å². The summed E-state index contributed by atoms with van der Waals surface area (Å²) in [5, 5.41) is 5.44. The molecule has 0 aliphatic carbocycles. The smallest absolute Gasteiger partial charge is 0.326 e. The predicted octanol–water partition coefficient (Wildman–Crippen LogP) is 6.16. The van der Waals surface area contributed by atoms with Gasteiger partial charge in [0.15, 0.2) is 0 Å². The van der Waals surface area contributed by atoms with E-state index in [1.165, 1.54) is 18.2 Å². The van der Waals surface area contributed by atoms with Crippen LogP contribution in [0.4, 0.5) is 29.6 Å². The lowest BCUT2D eigenvalue weighted by atomic mass is 9.98. The fourth-order valence-corrected chi connectivity index (χ4v) is 3.93. The third-order valence-corrected chi connectivity index (χ3v) is 5.79. The highest BCUT2D eigenvalue weighted by Gasteiger charge is 2.34. The number of amides is 2. The molecule has 8 nitrogen and oxygen atoms in total. The molecule has 5 aromatic rings. The van der Waals surface area contributed by atoms with Gasteiger partial charge in [0.1, 0.15) is 0 Å². The molecule has 4 N–H and O–H groups in total. The maximum atomic E-state index is 13.8. The van der Waals surface area contributed by atoms with E-state index < -0.39 is 23.7 Å². The number of H-pyrrole nitrogens is 1. The van der Waals surface area contributed by atoms with Crippen molar-refractivity contribution in [2.45, 2.75) is 12.7 Å². The van der Waals surface area contributed by atoms with E-state index in [2.05, 4.69) is 38.2 Å². The Hall–Kier alpha value is -5.50. The largest absolute Gasteiger partial charge is 0.431 e. The second kappa shape index (κ2) is 11.1. The first-order chi connectivity index (χ1) is 19.3. The van der Waals surface area contributed by atoms with Crippen LogP contribution in [0.2, 0.25) is 0 Å². The highest BCUT2D eigenvalue weighted by Crippen LogP contribution is 2.39. The number of alkyl halides is 3. The summed E-state index contributed by atoms with van der Waals surface area (Å²) in [7, 11) is 0. The molecule has 0 fully saturated rings. The van der Waals surface area contributed by atoms with Gasteiger partial charge in [-0.3, -0.25) is 4.79 Å². The molecule has 0 atom stereocenters. The van der Waals surface area contributed by atoms with E-state index in [1.807, 2.05) is 0 Å². The van der Waals surface area contributed by atoms with Crippen LogP contribution in [-0.4, -0.2) is 22.0 Å². The molecule has 0 radical (unpaired) electrons. The van der Waals surface area contributed by atoms with Crippen molar-refractivity contribution in [3.8, 4) is 11.1 Å². The number of aromatic nitrogens is 2. The van der Waals surface area contributed by atoms with Gasteiger partial charge in [-0.25, -0.2) is 9.78 Å². The Bertz CT molecular complexity index is 1650. The van der Waals surface area contributed by atoms with Crippen LogP contribution in [0.5, 0.6) is 0 Å². The molecule has 5 rings (SSSR count). The van der Waals surface area contributed by atoms with Crippen LogP contribution in [0.1, 0.15) is 21.5 Å². The Kier molecular flexibility index (Phi) is 7.24. The summed E-state index contributed by atoms with van der Waals surface area (Å²) < 4.78 is 41.5. The number of rotatable bonds is 6. The quantitative estimate of drug-likeness (QED) is 0.192. The van der Waals surface area contributed by atoms with Gasteiger partial charge in [0.2, 0.25) is 5.95 Å². The molecule has 0 spiro atoms. The lowest BCUT2D eigenvalue weighted by Gasteiger charge is -2.13. The lowest BCUT2D eigenvalue weighted by Crippen LogP contribution is -2.33. The summed E-state index contributed by atoms with van der Waals surface area (Å²) in [5.41, 5.74) is 3.59. The van der Waals surface area contributed by atoms with Gasteiger partial charge < -0.3 is 20.5 Å². The number of carbonyl (C=O) groups excluding carboxylic acids is 2. The number of anilines is 2. The minimum Gasteiger partial charge on any atom is -0.326 e. The average molecular weight is 544 g/mol. The molecular formula is C29H20F3N5O3. The first-order valence-corrected chi connectivity index (χ1v) is 11.9. The second-order valence-electron chi connectivity index (χ2n) is 8.59. The predicted molar refractivity (Wildman–Crippen MR) is 141 cm³/mol. The minimum absolute atomic E-state index is 0.0157. The zero-order valence-corrected chi connectivity index (χ0v) is 20.6. The normalized spacial score (nSPS) is 11.0. The summed E-state index contributed by atoms with van der Waals surface area (Å²) in [4.78, 5) is 36.4. The fraction of sp³-hybridized carbons (Fsp3) is 0.0690. The Morgan fingerprint density at radius 3 is 2.55 bits per heavy atom. The first kappa shape index (κ1) is 26.1. The van der Waals surface area contributed by atoms with Gasteiger partial charge in [0, 0.05) is 17.8 Å². The van der Waals surface area contributed by atoms with Gasteiger partial charge in [-0.05, 0) is 65.2 Å². The van der Waals surface area contributed by atoms with Gasteiger partial charge in [0.25, 0.3) is 5.91 Å². The summed E-state index contributed by atoms with van der Waals surface area (Å²) in [5.74, 6) is -0.509. The number of benzene rings is 3. The molecule has 0 unspecified atom stereocenters. The molecule has 0 bridgehead atoms. The second-order valence-corrected chi connectivity index (χ2v) is 8.59. The van der Waals surface area contributed by atoms with Gasteiger partial charge in [-0.15, -0.1) is 0 Å². The van der Waals surface area contributed by atoms with E-state index in [0.717, 1.165) is 11.6 Å². The molecule has 1 aromatic heterocycles. The Morgan fingerprint density at radius 2 is 1.80 bits per heavy atom. The standard InChI is InChI=1S/C29H20F3N5O3/c30-29(31,32)23-16-25-24(15-22(23)19-10-5-2-6-11-19)35-27(36-25)34-21-13-7-12-20(14-21)26(38)37-40-28(39)33-17-18-8-3-1-4-9-18/h2-3,5-16H,17H2,(H,33,39)(H,37,38)(H2,34,35,36). The van der Waals surface area contributed by atoms with Crippen LogP contribution < -0.4 is 16.1 Å². The van der Waals surface area contributed by atoms with Crippen molar-refractivity contribution in [3.05, 3.63) is 114 Å². The number of imidazole rings is 1. The highest BCUT2D eigenvalue weighted by atomic mass is 19.4. The van der Waals surface area contributed by atoms with E-state index in [1.54, 1.807) is 60.7 Å². The van der Waals surface area contributed by atoms with Gasteiger partial charge in [0.05, 0.1) is 16.6 Å². The van der Waals surface area contributed by atoms with E-state index in [-0.39, 0.29) is 29.1 Å². The number of hydrogen-bond donors (Lipinski definition) is 4. The molecule has 40 heavy (non-hydrogen) atoms. The summed E-state index contributed by atoms with van der Waals surface area (Å²) >= 11 is 0. The molecule has 0 saturated heterocycles. The van der Waals surface area contributed by atoms with E-state index in [9.17, 15) is 22.8 Å². The van der Waals surface area contributed by atoms with E-state index in [0.29, 0.717) is 16.8 Å². The number of aromatic amines is 1. The number of hydrogen-bond acceptors (Lipinski definition) is 5. The molecule has 0 aliphatic heterocycles. The van der Waals surface area contributed by atoms with Crippen molar-refractivity contribution in [1.82, 2.24) is 20.8 Å². The number of halogens is 3. The maximum Gasteiger partial charge on any atom is 0.431 e. The monoisotopic (exact) mass is 543 g/mol. The Labute approximate surface area is 226 Å². The van der Waals surface area contributed by atoms with Crippen molar-refractivity contribution in [3.63, 3.8) is 0 Å². The number of fused-ring (bicyclic) bond motifs is 1. The summed E-state index contributed by atoms with van der Waals surface area (Å²) in [6.07, 6.45) is -5.43. The van der Waals surface area contributed by atoms with Gasteiger partial charge >= 0.3 is 12.3 Å². The highest BCUT2D eigenvalue weighted by molar-refractivity contribution is 5.95. The zero-order valence-electron chi connectivity index (χ0n) is 20.6. The maximum absolute atomic E-state index is 13.8. The molecule has 11 heteroatoms. The van der Waals surface area contributed by atoms with Crippen molar-refractivity contribution in [2.24, 2.45) is 0 Å². The van der Waals surface area contributed by atoms with Crippen molar-refractivity contribution in [1.29, 1.82) is 0 Å². The zero-order chi connectivity index (χ0) is 28.1. The number of nitrogens with zero attached hydrogens (tertiary/aromatic N) is 1. The molecule has 200 valence electrons. The number of carbonyl (C=O) groups is 2. The summed E-state index contributed by atoms with van der Waals surface area (Å²) in [6.45, 7) is 0.175. The molecule has 0 aliphatic rings. The average Bonchev–Trinajstić information content (AvgIpc) is 3.36. The SMILES string of the molecule is O=C(NCc1cc#ccc1)ONC(=O)c1cccc(Nc2nc3cc(-c4ccccc4)c(C(F)(F)F)cc3[nH]2)c1. The Balaban J connectivity index is 1.28. The number of nitrogens with one attached hydrogen (secondary N) is 4. The third kappa shape index (κ3) is 6.14. The molecule has 0 saturated carbocycles. The lowest BCUT2D eigenvalue weighted by molar-refractivity contribution is -0.137. The van der Waals surface area contributed by atoms with Crippen LogP contribution in [0, 0.1) is 12.1 Å². The van der Waals surface area contributed by atoms with Crippen LogP contribution >= 0.6 is 0 Å². The molecule has 4 aromatic carbocycles. The van der Waals surface area contributed by atoms with Crippen molar-refractivity contribution < 1.29 is 27.6 Å². The third-order valence-electron chi connectivity index (χ3n) is 5.79. The van der Waals surface area contributed by atoms with Crippen LogP contribution in [0.15, 0.2) is 84.9 Å². The first-order valence-electron chi connectivity index (χ1n) is 11.9.